The van der Waals surface area contributed by atoms with Gasteiger partial charge in [0.05, 0.1) is 5.41 Å². The Morgan fingerprint density at radius 1 is 0.788 bits per heavy atom. The van der Waals surface area contributed by atoms with Crippen LogP contribution in [0, 0.1) is 0 Å². The second kappa shape index (κ2) is 17.2. The summed E-state index contributed by atoms with van der Waals surface area (Å²) in [6.45, 7) is 7.00. The Kier molecular flexibility index (Phi) is 14.5. The fraction of sp³-hybridized carbons (Fsp3) is 0.774. The van der Waals surface area contributed by atoms with Gasteiger partial charge in [0.15, 0.2) is 0 Å². The highest BCUT2D eigenvalue weighted by molar-refractivity contribution is 5.29. The van der Waals surface area contributed by atoms with Crippen LogP contribution in [0.4, 0.5) is 0 Å². The Labute approximate surface area is 206 Å². The quantitative estimate of drug-likeness (QED) is 0.179. The highest BCUT2D eigenvalue weighted by atomic mass is 15.1. The summed E-state index contributed by atoms with van der Waals surface area (Å²) in [5.41, 5.74) is 0.0923. The van der Waals surface area contributed by atoms with Gasteiger partial charge in [0.2, 0.25) is 0 Å². The highest BCUT2D eigenvalue weighted by Gasteiger charge is 2.34. The van der Waals surface area contributed by atoms with Gasteiger partial charge in [-0.3, -0.25) is 0 Å². The molecule has 1 aliphatic carbocycles. The summed E-state index contributed by atoms with van der Waals surface area (Å²) >= 11 is 0. The lowest BCUT2D eigenvalue weighted by molar-refractivity contribution is 0.380. The van der Waals surface area contributed by atoms with Crippen molar-refractivity contribution in [1.29, 1.82) is 0 Å². The maximum absolute atomic E-state index is 4.94. The van der Waals surface area contributed by atoms with E-state index < -0.39 is 0 Å². The second-order valence-corrected chi connectivity index (χ2v) is 10.6. The summed E-state index contributed by atoms with van der Waals surface area (Å²) in [5.74, 6) is 1.30. The van der Waals surface area contributed by atoms with Gasteiger partial charge >= 0.3 is 0 Å². The summed E-state index contributed by atoms with van der Waals surface area (Å²) in [7, 11) is 0. The first-order chi connectivity index (χ1) is 16.2. The predicted molar refractivity (Wildman–Crippen MR) is 146 cm³/mol. The van der Waals surface area contributed by atoms with Crippen LogP contribution in [0.15, 0.2) is 36.7 Å². The fourth-order valence-electron chi connectivity index (χ4n) is 5.47. The van der Waals surface area contributed by atoms with Gasteiger partial charge in [-0.2, -0.15) is 0 Å². The molecule has 0 saturated carbocycles. The number of aromatic nitrogens is 2. The van der Waals surface area contributed by atoms with E-state index in [1.54, 1.807) is 0 Å². The molecule has 0 saturated heterocycles. The summed E-state index contributed by atoms with van der Waals surface area (Å²) in [6, 6.07) is 0.539. The molecule has 2 heteroatoms. The average molecular weight is 455 g/mol. The van der Waals surface area contributed by atoms with Crippen LogP contribution in [0.1, 0.15) is 155 Å². The van der Waals surface area contributed by atoms with Crippen molar-refractivity contribution in [2.75, 3.05) is 0 Å². The molecular formula is C31H54N2. The number of unbranched alkanes of at least 4 members (excludes halogenated alkanes) is 14. The molecule has 1 heterocycles. The molecule has 0 amide bonds. The SMILES string of the molecule is CCCCCCCCCCCCC(C)n1ccnc1C1(CCCCCCCC)C=CC=CC1. The van der Waals surface area contributed by atoms with Gasteiger partial charge in [0.1, 0.15) is 5.82 Å². The zero-order valence-electron chi connectivity index (χ0n) is 22.4. The normalized spacial score (nSPS) is 18.8. The molecule has 2 atom stereocenters. The van der Waals surface area contributed by atoms with E-state index in [1.807, 2.05) is 6.20 Å². The van der Waals surface area contributed by atoms with E-state index in [0.29, 0.717) is 6.04 Å². The van der Waals surface area contributed by atoms with Crippen LogP contribution < -0.4 is 0 Å². The number of hydrogen-bond donors (Lipinski definition) is 0. The molecule has 1 aromatic heterocycles. The van der Waals surface area contributed by atoms with Crippen LogP contribution in [0.5, 0.6) is 0 Å². The van der Waals surface area contributed by atoms with E-state index >= 15 is 0 Å². The van der Waals surface area contributed by atoms with Gasteiger partial charge in [-0.25, -0.2) is 4.98 Å². The van der Waals surface area contributed by atoms with Crippen molar-refractivity contribution in [2.24, 2.45) is 0 Å². The van der Waals surface area contributed by atoms with E-state index in [1.165, 1.54) is 121 Å². The second-order valence-electron chi connectivity index (χ2n) is 10.6. The molecular weight excluding hydrogens is 400 g/mol. The molecule has 1 aliphatic rings. The van der Waals surface area contributed by atoms with E-state index in [9.17, 15) is 0 Å². The molecule has 0 aromatic carbocycles. The molecule has 33 heavy (non-hydrogen) atoms. The lowest BCUT2D eigenvalue weighted by Gasteiger charge is -2.33. The first kappa shape index (κ1) is 27.9. The molecule has 2 rings (SSSR count). The molecule has 1 aromatic rings. The fourth-order valence-corrected chi connectivity index (χ4v) is 5.47. The van der Waals surface area contributed by atoms with Gasteiger partial charge in [0.25, 0.3) is 0 Å². The molecule has 2 unspecified atom stereocenters. The van der Waals surface area contributed by atoms with Crippen molar-refractivity contribution >= 4 is 0 Å². The molecule has 0 bridgehead atoms. The predicted octanol–water partition coefficient (Wildman–Crippen LogP) is 10.3. The summed E-state index contributed by atoms with van der Waals surface area (Å²) in [6.07, 6.45) is 39.4. The average Bonchev–Trinajstić information content (AvgIpc) is 3.34. The molecule has 0 spiro atoms. The van der Waals surface area contributed by atoms with Crippen LogP contribution in [-0.4, -0.2) is 9.55 Å². The molecule has 0 fully saturated rings. The van der Waals surface area contributed by atoms with Gasteiger partial charge in [-0.1, -0.05) is 141 Å². The molecule has 0 aliphatic heterocycles. The Morgan fingerprint density at radius 2 is 1.36 bits per heavy atom. The number of rotatable bonds is 20. The van der Waals surface area contributed by atoms with E-state index in [0.717, 1.165) is 6.42 Å². The summed E-state index contributed by atoms with van der Waals surface area (Å²) in [5, 5.41) is 0. The van der Waals surface area contributed by atoms with Crippen molar-refractivity contribution in [3.63, 3.8) is 0 Å². The number of nitrogens with zero attached hydrogens (tertiary/aromatic N) is 2. The number of allylic oxidation sites excluding steroid dienone is 4. The highest BCUT2D eigenvalue weighted by Crippen LogP contribution is 2.38. The zero-order chi connectivity index (χ0) is 23.6. The van der Waals surface area contributed by atoms with Crippen LogP contribution >= 0.6 is 0 Å². The summed E-state index contributed by atoms with van der Waals surface area (Å²) in [4.78, 5) is 4.94. The van der Waals surface area contributed by atoms with Gasteiger partial charge in [-0.15, -0.1) is 0 Å². The van der Waals surface area contributed by atoms with Gasteiger partial charge in [-0.05, 0) is 26.2 Å². The molecule has 188 valence electrons. The van der Waals surface area contributed by atoms with Crippen LogP contribution in [0.25, 0.3) is 0 Å². The number of imidazole rings is 1. The topological polar surface area (TPSA) is 17.8 Å². The van der Waals surface area contributed by atoms with E-state index in [4.69, 9.17) is 4.98 Å². The van der Waals surface area contributed by atoms with Crippen molar-refractivity contribution < 1.29 is 0 Å². The first-order valence-corrected chi connectivity index (χ1v) is 14.6. The maximum atomic E-state index is 4.94. The Bertz CT molecular complexity index is 656. The molecule has 0 N–H and O–H groups in total. The largest absolute Gasteiger partial charge is 0.331 e. The van der Waals surface area contributed by atoms with Crippen LogP contribution in [-0.2, 0) is 5.41 Å². The summed E-state index contributed by atoms with van der Waals surface area (Å²) < 4.78 is 2.51. The lowest BCUT2D eigenvalue weighted by Crippen LogP contribution is -2.29. The van der Waals surface area contributed by atoms with E-state index in [2.05, 4.69) is 55.8 Å². The minimum absolute atomic E-state index is 0.0923. The first-order valence-electron chi connectivity index (χ1n) is 14.6. The Balaban J connectivity index is 1.78. The zero-order valence-corrected chi connectivity index (χ0v) is 22.4. The van der Waals surface area contributed by atoms with Gasteiger partial charge in [0, 0.05) is 18.4 Å². The monoisotopic (exact) mass is 454 g/mol. The van der Waals surface area contributed by atoms with Crippen molar-refractivity contribution in [2.45, 2.75) is 154 Å². The standard InChI is InChI=1S/C31H54N2/c1-4-6-8-10-12-13-14-15-16-19-23-29(3)33-28-27-32-30(33)31(25-21-18-22-26-31)24-20-17-11-9-7-5-2/h18,21-22,25,27-29H,4-17,19-20,23-24,26H2,1-3H3. The Hall–Kier alpha value is -1.31. The van der Waals surface area contributed by atoms with Crippen LogP contribution in [0.3, 0.4) is 0 Å². The third-order valence-corrected chi connectivity index (χ3v) is 7.69. The minimum atomic E-state index is 0.0923. The van der Waals surface area contributed by atoms with Crippen molar-refractivity contribution in [3.05, 3.63) is 42.5 Å². The molecule has 0 radical (unpaired) electrons. The smallest absolute Gasteiger partial charge is 0.119 e. The minimum Gasteiger partial charge on any atom is -0.331 e. The van der Waals surface area contributed by atoms with E-state index in [-0.39, 0.29) is 5.41 Å². The third-order valence-electron chi connectivity index (χ3n) is 7.69. The maximum Gasteiger partial charge on any atom is 0.119 e. The third kappa shape index (κ3) is 10.2. The lowest BCUT2D eigenvalue weighted by atomic mass is 9.76. The van der Waals surface area contributed by atoms with Crippen LogP contribution in [0.2, 0.25) is 0 Å². The van der Waals surface area contributed by atoms with Crippen molar-refractivity contribution in [1.82, 2.24) is 9.55 Å². The van der Waals surface area contributed by atoms with Crippen molar-refractivity contribution in [3.8, 4) is 0 Å². The number of hydrogen-bond acceptors (Lipinski definition) is 1. The Morgan fingerprint density at radius 3 is 1.94 bits per heavy atom. The van der Waals surface area contributed by atoms with Gasteiger partial charge < -0.3 is 4.57 Å². The molecule has 2 nitrogen and oxygen atoms in total.